The van der Waals surface area contributed by atoms with Crippen LogP contribution in [0.3, 0.4) is 0 Å². The van der Waals surface area contributed by atoms with Gasteiger partial charge in [0.1, 0.15) is 12.1 Å². The normalized spacial score (nSPS) is 17.4. The van der Waals surface area contributed by atoms with E-state index in [1.165, 1.54) is 24.0 Å². The molecule has 71 heavy (non-hydrogen) atoms. The van der Waals surface area contributed by atoms with Gasteiger partial charge >= 0.3 is 25.0 Å². The van der Waals surface area contributed by atoms with E-state index < -0.39 is 60.8 Å². The summed E-state index contributed by atoms with van der Waals surface area (Å²) in [6.07, 6.45) is 3.58. The van der Waals surface area contributed by atoms with Crippen LogP contribution in [-0.4, -0.2) is 214 Å². The third-order valence-electron chi connectivity index (χ3n) is 12.2. The molecule has 5 amide bonds. The Kier molecular flexibility index (Phi) is 24.9. The molecule has 2 fully saturated rings. The lowest BCUT2D eigenvalue weighted by Gasteiger charge is -2.32. The van der Waals surface area contributed by atoms with E-state index in [0.29, 0.717) is 50.8 Å². The van der Waals surface area contributed by atoms with Crippen molar-refractivity contribution in [3.63, 3.8) is 0 Å². The van der Waals surface area contributed by atoms with Gasteiger partial charge in [0.25, 0.3) is 11.8 Å². The summed E-state index contributed by atoms with van der Waals surface area (Å²) in [5.41, 5.74) is 7.18. The summed E-state index contributed by atoms with van der Waals surface area (Å²) in [5, 5.41) is 56.1. The number of aryl methyl sites for hydroxylation is 1. The van der Waals surface area contributed by atoms with Gasteiger partial charge in [0.05, 0.1) is 37.8 Å². The molecule has 2 aliphatic heterocycles. The second kappa shape index (κ2) is 30.4. The van der Waals surface area contributed by atoms with Crippen LogP contribution in [0.15, 0.2) is 48.5 Å². The van der Waals surface area contributed by atoms with Gasteiger partial charge in [0.2, 0.25) is 17.7 Å². The fourth-order valence-electron chi connectivity index (χ4n) is 8.28. The first-order chi connectivity index (χ1) is 33.9. The molecule has 4 rings (SSSR count). The second-order valence-electron chi connectivity index (χ2n) is 17.8. The van der Waals surface area contributed by atoms with Crippen molar-refractivity contribution in [3.8, 4) is 0 Å². The molecule has 25 heteroatoms. The molecule has 0 bridgehead atoms. The zero-order chi connectivity index (χ0) is 51.9. The van der Waals surface area contributed by atoms with Crippen LogP contribution in [0.25, 0.3) is 0 Å². The Balaban J connectivity index is 1.31. The summed E-state index contributed by atoms with van der Waals surface area (Å²) in [4.78, 5) is 109. The summed E-state index contributed by atoms with van der Waals surface area (Å²) in [6, 6.07) is 12.2. The predicted octanol–water partition coefficient (Wildman–Crippen LogP) is -0.875. The second-order valence-corrected chi connectivity index (χ2v) is 19.0. The predicted molar refractivity (Wildman–Crippen MR) is 270 cm³/mol. The van der Waals surface area contributed by atoms with E-state index in [2.05, 4.69) is 49.4 Å². The van der Waals surface area contributed by atoms with Gasteiger partial charge in [-0.15, -0.1) is 0 Å². The zero-order valence-electron chi connectivity index (χ0n) is 40.1. The van der Waals surface area contributed by atoms with Crippen LogP contribution < -0.4 is 26.8 Å². The van der Waals surface area contributed by atoms with Gasteiger partial charge < -0.3 is 46.2 Å². The molecule has 0 radical (unpaired) electrons. The number of aliphatic carboxylic acids is 3. The number of nitrogens with zero attached hydrogens (tertiary/aromatic N) is 5. The molecule has 0 saturated carbocycles. The Morgan fingerprint density at radius 2 is 1.21 bits per heavy atom. The number of hydrogen-bond donors (Lipinski definition) is 10. The molecular weight excluding hydrogens is 1040 g/mol. The number of carboxylic acid groups (broad SMARTS) is 3. The van der Waals surface area contributed by atoms with E-state index in [9.17, 15) is 63.7 Å². The van der Waals surface area contributed by atoms with Crippen LogP contribution in [0.1, 0.15) is 67.8 Å². The van der Waals surface area contributed by atoms with Crippen molar-refractivity contribution in [1.82, 2.24) is 45.9 Å². The van der Waals surface area contributed by atoms with Crippen LogP contribution in [0.2, 0.25) is 0 Å². The van der Waals surface area contributed by atoms with E-state index in [-0.39, 0.29) is 115 Å². The number of unbranched alkanes of at least 4 members (excludes halogenated alkanes) is 1. The van der Waals surface area contributed by atoms with Crippen molar-refractivity contribution in [1.29, 1.82) is 0 Å². The number of halogens is 1. The average Bonchev–Trinajstić information content (AvgIpc) is 3.82. The molecule has 0 spiro atoms. The maximum absolute atomic E-state index is 13.6. The highest BCUT2D eigenvalue weighted by Gasteiger charge is 2.38. The van der Waals surface area contributed by atoms with Crippen LogP contribution in [0, 0.1) is 3.57 Å². The molecule has 10 N–H and O–H groups in total. The van der Waals surface area contributed by atoms with Gasteiger partial charge in [-0.25, -0.2) is 0 Å². The zero-order valence-corrected chi connectivity index (χ0v) is 42.3. The molecule has 2 saturated heterocycles. The lowest BCUT2D eigenvalue weighted by Crippen LogP contribution is -2.52. The molecule has 2 heterocycles. The van der Waals surface area contributed by atoms with Crippen LogP contribution >= 0.6 is 22.6 Å². The summed E-state index contributed by atoms with van der Waals surface area (Å²) in [5.74, 6) is -6.01. The van der Waals surface area contributed by atoms with Crippen molar-refractivity contribution in [2.45, 2.75) is 76.3 Å². The number of carbonyl (C=O) groups is 8. The summed E-state index contributed by atoms with van der Waals surface area (Å²) in [7, 11) is -1.68. The smallest absolute Gasteiger partial charge is 0.475 e. The van der Waals surface area contributed by atoms with Gasteiger partial charge in [-0.3, -0.25) is 68.8 Å². The third-order valence-corrected chi connectivity index (χ3v) is 12.9. The first-order valence-corrected chi connectivity index (χ1v) is 24.9. The Labute approximate surface area is 427 Å². The van der Waals surface area contributed by atoms with Crippen molar-refractivity contribution >= 4 is 82.8 Å². The minimum Gasteiger partial charge on any atom is -0.480 e. The molecule has 3 atom stereocenters. The number of hydrogen-bond acceptors (Lipinski definition) is 15. The monoisotopic (exact) mass is 1110 g/mol. The lowest BCUT2D eigenvalue weighted by molar-refractivity contribution is -0.140. The number of carboxylic acids is 3. The topological polar surface area (TPSA) is 314 Å². The number of carbonyl (C=O) groups excluding carboxylic acids is 5. The first kappa shape index (κ1) is 58.1. The van der Waals surface area contributed by atoms with Gasteiger partial charge in [0, 0.05) is 81.0 Å². The van der Waals surface area contributed by atoms with E-state index in [1.54, 1.807) is 26.8 Å². The molecule has 2 aliphatic rings. The maximum atomic E-state index is 13.6. The number of nitrogens with one attached hydrogen (secondary N) is 5. The fraction of sp³-hybridized carbons (Fsp3) is 0.565. The highest BCUT2D eigenvalue weighted by molar-refractivity contribution is 14.1. The van der Waals surface area contributed by atoms with E-state index in [4.69, 9.17) is 0 Å². The molecule has 0 aromatic heterocycles. The molecule has 23 nitrogen and oxygen atoms in total. The largest absolute Gasteiger partial charge is 0.480 e. The summed E-state index contributed by atoms with van der Waals surface area (Å²) >= 11 is 2.22. The molecule has 0 aliphatic carbocycles. The Morgan fingerprint density at radius 1 is 0.676 bits per heavy atom. The highest BCUT2D eigenvalue weighted by atomic mass is 127. The molecular formula is C46H68BIN10O13. The molecule has 2 aromatic rings. The summed E-state index contributed by atoms with van der Waals surface area (Å²) < 4.78 is 1.10. The lowest BCUT2D eigenvalue weighted by atomic mass is 9.78. The number of amides is 5. The minimum atomic E-state index is -1.68. The Bertz CT molecular complexity index is 2060. The van der Waals surface area contributed by atoms with Gasteiger partial charge in [-0.1, -0.05) is 12.1 Å². The van der Waals surface area contributed by atoms with Crippen molar-refractivity contribution in [3.05, 3.63) is 63.2 Å². The van der Waals surface area contributed by atoms with Crippen LogP contribution in [0.5, 0.6) is 0 Å². The quantitative estimate of drug-likeness (QED) is 0.0250. The van der Waals surface area contributed by atoms with Crippen molar-refractivity contribution in [2.75, 3.05) is 97.1 Å². The maximum Gasteiger partial charge on any atom is 0.475 e. The number of rotatable bonds is 25. The van der Waals surface area contributed by atoms with E-state index in [1.807, 2.05) is 29.2 Å². The van der Waals surface area contributed by atoms with Gasteiger partial charge in [-0.2, -0.15) is 0 Å². The number of anilines is 1. The van der Waals surface area contributed by atoms with Gasteiger partial charge in [0.15, 0.2) is 0 Å². The third kappa shape index (κ3) is 21.8. The van der Waals surface area contributed by atoms with Crippen LogP contribution in [-0.2, 0) is 40.0 Å². The van der Waals surface area contributed by atoms with Crippen LogP contribution in [0.4, 0.5) is 5.69 Å². The Hall–Kier alpha value is -5.45. The number of benzene rings is 2. The van der Waals surface area contributed by atoms with Crippen molar-refractivity contribution < 1.29 is 63.7 Å². The van der Waals surface area contributed by atoms with E-state index >= 15 is 0 Å². The summed E-state index contributed by atoms with van der Waals surface area (Å²) in [6.45, 7) is 3.33. The standard InChI is InChI=1S/C46H68BIN10O13/c1-32(46(69)58-19-5-8-38(58)47(70)71)50-44(67)34-12-16-36(17-13-34)52-53-45(68)37(51-39(59)9-4-6-33-10-14-35(48)15-11-33)7-2-3-18-49-40(60)28-54-20-22-55(29-41(61)62)24-26-57(31-43(65)66)27-25-56(23-21-54)30-42(63)64/h10-17,32,37-38,52,70-71H,2-9,18-31H2,1H3,(H,49,60)(H,50,67)(H,51,59)(H,53,68)(H,61,62)(H,63,64)(H,65,66)/t32-,37+,38+/m1/s1. The highest BCUT2D eigenvalue weighted by Crippen LogP contribution is 2.19. The molecule has 2 aromatic carbocycles. The number of likely N-dealkylation sites (tertiary alicyclic amines) is 1. The SMILES string of the molecule is C[C@@H](NC(=O)c1ccc(NNC(=O)[C@H](CCCCNC(=O)CN2CCN(CC(=O)O)CCN(CC(=O)O)CCN(CC(=O)O)CC2)NC(=O)CCCc2ccc(I)cc2)cc1)C(=O)N1CCC[C@H]1B(O)O. The van der Waals surface area contributed by atoms with Gasteiger partial charge in [-0.05, 0) is 116 Å². The number of hydrazine groups is 1. The molecule has 390 valence electrons. The Morgan fingerprint density at radius 3 is 1.73 bits per heavy atom. The molecule has 0 unspecified atom stereocenters. The minimum absolute atomic E-state index is 0.0529. The fourth-order valence-corrected chi connectivity index (χ4v) is 8.64. The van der Waals surface area contributed by atoms with E-state index in [0.717, 1.165) is 9.13 Å². The average molecular weight is 1110 g/mol. The van der Waals surface area contributed by atoms with Crippen molar-refractivity contribution in [2.24, 2.45) is 0 Å². The first-order valence-electron chi connectivity index (χ1n) is 23.9.